The van der Waals surface area contributed by atoms with Crippen molar-refractivity contribution >= 4 is 48.3 Å². The fraction of sp³-hybridized carbons (Fsp3) is 0. The Bertz CT molecular complexity index is 482. The number of carboxylic acids is 1. The molecule has 1 aromatic rings. The van der Waals surface area contributed by atoms with Crippen molar-refractivity contribution in [3.8, 4) is 0 Å². The summed E-state index contributed by atoms with van der Waals surface area (Å²) in [5.74, 6) is -1.18. The Morgan fingerprint density at radius 1 is 1.43 bits per heavy atom. The van der Waals surface area contributed by atoms with Crippen molar-refractivity contribution in [3.05, 3.63) is 27.3 Å². The number of benzene rings is 1. The molecule has 14 heavy (non-hydrogen) atoms. The summed E-state index contributed by atoms with van der Waals surface area (Å²) in [6.45, 7) is 0. The fourth-order valence-corrected chi connectivity index (χ4v) is 3.67. The first kappa shape index (κ1) is 11.7. The van der Waals surface area contributed by atoms with Gasteiger partial charge in [-0.2, -0.15) is 0 Å². The Hall–Kier alpha value is -0.340. The summed E-state index contributed by atoms with van der Waals surface area (Å²) >= 11 is 1.64. The SMILES string of the molecule is O=C(O)c1cccc(S(=O)(=O)Cl)c1I. The molecule has 1 rings (SSSR count). The van der Waals surface area contributed by atoms with E-state index in [1.54, 1.807) is 22.6 Å². The van der Waals surface area contributed by atoms with Gasteiger partial charge in [-0.25, -0.2) is 13.2 Å². The first-order valence-electron chi connectivity index (χ1n) is 3.30. The molecular weight excluding hydrogens is 342 g/mol. The van der Waals surface area contributed by atoms with Crippen molar-refractivity contribution in [1.29, 1.82) is 0 Å². The third kappa shape index (κ3) is 2.37. The van der Waals surface area contributed by atoms with Crippen LogP contribution in [0.15, 0.2) is 23.1 Å². The van der Waals surface area contributed by atoms with Gasteiger partial charge in [0.25, 0.3) is 9.05 Å². The third-order valence-corrected chi connectivity index (χ3v) is 4.35. The van der Waals surface area contributed by atoms with Gasteiger partial charge in [0.05, 0.1) is 10.5 Å². The lowest BCUT2D eigenvalue weighted by Gasteiger charge is -2.02. The van der Waals surface area contributed by atoms with Crippen LogP contribution < -0.4 is 0 Å². The zero-order chi connectivity index (χ0) is 10.9. The van der Waals surface area contributed by atoms with E-state index < -0.39 is 15.0 Å². The summed E-state index contributed by atoms with van der Waals surface area (Å²) < 4.78 is 22.1. The normalized spacial score (nSPS) is 11.3. The zero-order valence-electron chi connectivity index (χ0n) is 6.57. The quantitative estimate of drug-likeness (QED) is 0.656. The highest BCUT2D eigenvalue weighted by Crippen LogP contribution is 2.24. The molecule has 0 aliphatic heterocycles. The Kier molecular flexibility index (Phi) is 3.38. The summed E-state index contributed by atoms with van der Waals surface area (Å²) in [5, 5.41) is 8.71. The molecule has 76 valence electrons. The van der Waals surface area contributed by atoms with Crippen molar-refractivity contribution in [2.75, 3.05) is 0 Å². The molecule has 0 saturated heterocycles. The maximum absolute atomic E-state index is 11.0. The maximum Gasteiger partial charge on any atom is 0.336 e. The summed E-state index contributed by atoms with van der Waals surface area (Å²) in [6.07, 6.45) is 0. The summed E-state index contributed by atoms with van der Waals surface area (Å²) in [7, 11) is 1.23. The molecule has 0 spiro atoms. The van der Waals surface area contributed by atoms with E-state index in [1.807, 2.05) is 0 Å². The largest absolute Gasteiger partial charge is 0.478 e. The zero-order valence-corrected chi connectivity index (χ0v) is 10.3. The van der Waals surface area contributed by atoms with E-state index in [0.29, 0.717) is 0 Å². The first-order chi connectivity index (χ1) is 6.34. The molecule has 0 aliphatic rings. The smallest absolute Gasteiger partial charge is 0.336 e. The highest BCUT2D eigenvalue weighted by Gasteiger charge is 2.19. The van der Waals surface area contributed by atoms with E-state index in [9.17, 15) is 13.2 Å². The molecule has 0 atom stereocenters. The van der Waals surface area contributed by atoms with Crippen molar-refractivity contribution in [2.45, 2.75) is 4.90 Å². The summed E-state index contributed by atoms with van der Waals surface area (Å²) in [5.41, 5.74) is -0.0766. The standard InChI is InChI=1S/C7H4ClIO4S/c8-14(12,13)5-3-1-2-4(6(5)9)7(10)11/h1-3H,(H,10,11). The van der Waals surface area contributed by atoms with E-state index >= 15 is 0 Å². The molecule has 0 saturated carbocycles. The van der Waals surface area contributed by atoms with Crippen LogP contribution in [0.4, 0.5) is 0 Å². The van der Waals surface area contributed by atoms with Gasteiger partial charge in [-0.15, -0.1) is 0 Å². The van der Waals surface area contributed by atoms with Crippen LogP contribution in [0.2, 0.25) is 0 Å². The van der Waals surface area contributed by atoms with Gasteiger partial charge in [0.2, 0.25) is 0 Å². The third-order valence-electron chi connectivity index (χ3n) is 1.46. The van der Waals surface area contributed by atoms with E-state index in [0.717, 1.165) is 0 Å². The highest BCUT2D eigenvalue weighted by molar-refractivity contribution is 14.1. The molecule has 0 bridgehead atoms. The average molecular weight is 347 g/mol. The van der Waals surface area contributed by atoms with Crippen LogP contribution in [0.3, 0.4) is 0 Å². The molecule has 1 N–H and O–H groups in total. The van der Waals surface area contributed by atoms with Gasteiger partial charge < -0.3 is 5.11 Å². The lowest BCUT2D eigenvalue weighted by molar-refractivity contribution is 0.0695. The molecule has 0 unspecified atom stereocenters. The van der Waals surface area contributed by atoms with Gasteiger partial charge in [-0.05, 0) is 34.7 Å². The number of hydrogen-bond acceptors (Lipinski definition) is 3. The summed E-state index contributed by atoms with van der Waals surface area (Å²) in [4.78, 5) is 10.5. The molecule has 1 aromatic carbocycles. The van der Waals surface area contributed by atoms with Gasteiger partial charge >= 0.3 is 5.97 Å². The number of carbonyl (C=O) groups is 1. The van der Waals surface area contributed by atoms with Crippen LogP contribution in [0, 0.1) is 3.57 Å². The van der Waals surface area contributed by atoms with Crippen molar-refractivity contribution in [3.63, 3.8) is 0 Å². The maximum atomic E-state index is 11.0. The number of halogens is 2. The van der Waals surface area contributed by atoms with Crippen LogP contribution in [-0.2, 0) is 9.05 Å². The number of rotatable bonds is 2. The number of hydrogen-bond donors (Lipinski definition) is 1. The minimum Gasteiger partial charge on any atom is -0.478 e. The topological polar surface area (TPSA) is 71.4 Å². The molecule has 0 aromatic heterocycles. The van der Waals surface area contributed by atoms with Gasteiger partial charge in [0.15, 0.2) is 0 Å². The fourth-order valence-electron chi connectivity index (χ4n) is 0.864. The predicted molar refractivity (Wildman–Crippen MR) is 59.2 cm³/mol. The van der Waals surface area contributed by atoms with Crippen LogP contribution in [0.25, 0.3) is 0 Å². The molecule has 0 amide bonds. The molecular formula is C7H4ClIO4S. The van der Waals surface area contributed by atoms with E-state index in [1.165, 1.54) is 18.2 Å². The predicted octanol–water partition coefficient (Wildman–Crippen LogP) is 1.92. The van der Waals surface area contributed by atoms with Crippen LogP contribution in [0.5, 0.6) is 0 Å². The van der Waals surface area contributed by atoms with E-state index in [2.05, 4.69) is 0 Å². The Morgan fingerprint density at radius 2 is 2.00 bits per heavy atom. The van der Waals surface area contributed by atoms with Gasteiger partial charge in [0.1, 0.15) is 0 Å². The first-order valence-corrected chi connectivity index (χ1v) is 6.69. The van der Waals surface area contributed by atoms with E-state index in [4.69, 9.17) is 15.8 Å². The number of carboxylic acid groups (broad SMARTS) is 1. The van der Waals surface area contributed by atoms with Crippen LogP contribution >= 0.6 is 33.3 Å². The Balaban J connectivity index is 3.51. The Labute approximate surface area is 98.4 Å². The molecule has 0 heterocycles. The van der Waals surface area contributed by atoms with Crippen molar-refractivity contribution in [2.24, 2.45) is 0 Å². The minimum absolute atomic E-state index is 0.0766. The second-order valence-corrected chi connectivity index (χ2v) is 5.97. The second kappa shape index (κ2) is 4.03. The molecule has 7 heteroatoms. The van der Waals surface area contributed by atoms with Crippen molar-refractivity contribution in [1.82, 2.24) is 0 Å². The van der Waals surface area contributed by atoms with Gasteiger partial charge in [-0.1, -0.05) is 6.07 Å². The lowest BCUT2D eigenvalue weighted by Crippen LogP contribution is -2.04. The lowest BCUT2D eigenvalue weighted by atomic mass is 10.2. The van der Waals surface area contributed by atoms with Crippen molar-refractivity contribution < 1.29 is 18.3 Å². The van der Waals surface area contributed by atoms with Gasteiger partial charge in [-0.3, -0.25) is 0 Å². The van der Waals surface area contributed by atoms with E-state index in [-0.39, 0.29) is 14.0 Å². The molecule has 0 aliphatic carbocycles. The van der Waals surface area contributed by atoms with Crippen LogP contribution in [-0.4, -0.2) is 19.5 Å². The summed E-state index contributed by atoms with van der Waals surface area (Å²) in [6, 6.07) is 3.91. The minimum atomic E-state index is -3.89. The second-order valence-electron chi connectivity index (χ2n) is 2.36. The molecule has 0 radical (unpaired) electrons. The number of aromatic carboxylic acids is 1. The van der Waals surface area contributed by atoms with Gasteiger partial charge in [0, 0.05) is 14.3 Å². The molecule has 4 nitrogen and oxygen atoms in total. The van der Waals surface area contributed by atoms with Crippen LogP contribution in [0.1, 0.15) is 10.4 Å². The Morgan fingerprint density at radius 3 is 2.43 bits per heavy atom. The highest BCUT2D eigenvalue weighted by atomic mass is 127. The average Bonchev–Trinajstić information content (AvgIpc) is 2.01. The monoisotopic (exact) mass is 346 g/mol. The molecule has 0 fully saturated rings.